The summed E-state index contributed by atoms with van der Waals surface area (Å²) < 4.78 is 4.91. The van der Waals surface area contributed by atoms with Gasteiger partial charge in [-0.1, -0.05) is 0 Å². The van der Waals surface area contributed by atoms with Gasteiger partial charge in [0.15, 0.2) is 0 Å². The van der Waals surface area contributed by atoms with Gasteiger partial charge >= 0.3 is 0 Å². The van der Waals surface area contributed by atoms with Crippen LogP contribution in [0.25, 0.3) is 0 Å². The van der Waals surface area contributed by atoms with Gasteiger partial charge in [0.05, 0.1) is 6.04 Å². The van der Waals surface area contributed by atoms with Crippen molar-refractivity contribution in [2.24, 2.45) is 0 Å². The molecule has 0 aliphatic heterocycles. The van der Waals surface area contributed by atoms with Crippen LogP contribution in [0.3, 0.4) is 0 Å². The monoisotopic (exact) mass is 202 g/mol. The number of carbonyl (C=O) groups is 1. The zero-order chi connectivity index (χ0) is 11.0. The maximum atomic E-state index is 11.4. The summed E-state index contributed by atoms with van der Waals surface area (Å²) in [5.74, 6) is 0.0532. The van der Waals surface area contributed by atoms with Crippen LogP contribution in [0.4, 0.5) is 0 Å². The molecule has 0 aromatic rings. The SMILES string of the molecule is COCCCNC(C)C(=O)NC(C)C. The van der Waals surface area contributed by atoms with Crippen LogP contribution in [0.15, 0.2) is 0 Å². The number of ether oxygens (including phenoxy) is 1. The van der Waals surface area contributed by atoms with E-state index in [1.165, 1.54) is 0 Å². The molecule has 4 heteroatoms. The second-order valence-corrected chi connectivity index (χ2v) is 3.69. The van der Waals surface area contributed by atoms with Crippen molar-refractivity contribution in [2.75, 3.05) is 20.3 Å². The molecule has 0 fully saturated rings. The third-order valence-electron chi connectivity index (χ3n) is 1.80. The summed E-state index contributed by atoms with van der Waals surface area (Å²) in [4.78, 5) is 11.4. The molecule has 84 valence electrons. The third-order valence-corrected chi connectivity index (χ3v) is 1.80. The molecule has 0 saturated heterocycles. The van der Waals surface area contributed by atoms with Crippen LogP contribution in [-0.2, 0) is 9.53 Å². The van der Waals surface area contributed by atoms with Crippen LogP contribution in [0, 0.1) is 0 Å². The predicted octanol–water partition coefficient (Wildman–Crippen LogP) is 0.526. The summed E-state index contributed by atoms with van der Waals surface area (Å²) in [6.45, 7) is 7.31. The van der Waals surface area contributed by atoms with Crippen molar-refractivity contribution in [3.63, 3.8) is 0 Å². The Balaban J connectivity index is 3.52. The van der Waals surface area contributed by atoms with E-state index in [0.717, 1.165) is 19.6 Å². The van der Waals surface area contributed by atoms with Crippen LogP contribution in [-0.4, -0.2) is 38.3 Å². The fourth-order valence-electron chi connectivity index (χ4n) is 1.04. The average molecular weight is 202 g/mol. The first-order chi connectivity index (χ1) is 6.57. The lowest BCUT2D eigenvalue weighted by molar-refractivity contribution is -0.123. The van der Waals surface area contributed by atoms with Gasteiger partial charge in [0.25, 0.3) is 0 Å². The second kappa shape index (κ2) is 7.76. The van der Waals surface area contributed by atoms with Crippen LogP contribution < -0.4 is 10.6 Å². The lowest BCUT2D eigenvalue weighted by Gasteiger charge is -2.15. The lowest BCUT2D eigenvalue weighted by atomic mass is 10.2. The minimum Gasteiger partial charge on any atom is -0.385 e. The summed E-state index contributed by atoms with van der Waals surface area (Å²) in [5, 5.41) is 5.98. The van der Waals surface area contributed by atoms with Gasteiger partial charge in [-0.15, -0.1) is 0 Å². The van der Waals surface area contributed by atoms with Gasteiger partial charge < -0.3 is 15.4 Å². The fraction of sp³-hybridized carbons (Fsp3) is 0.900. The van der Waals surface area contributed by atoms with E-state index in [1.807, 2.05) is 20.8 Å². The van der Waals surface area contributed by atoms with Crippen molar-refractivity contribution in [1.82, 2.24) is 10.6 Å². The summed E-state index contributed by atoms with van der Waals surface area (Å²) in [6.07, 6.45) is 0.926. The number of rotatable bonds is 7. The highest BCUT2D eigenvalue weighted by molar-refractivity contribution is 5.81. The largest absolute Gasteiger partial charge is 0.385 e. The quantitative estimate of drug-likeness (QED) is 0.592. The Labute approximate surface area is 86.4 Å². The van der Waals surface area contributed by atoms with Crippen molar-refractivity contribution in [3.05, 3.63) is 0 Å². The van der Waals surface area contributed by atoms with Gasteiger partial charge in [0, 0.05) is 19.8 Å². The highest BCUT2D eigenvalue weighted by atomic mass is 16.5. The highest BCUT2D eigenvalue weighted by Crippen LogP contribution is 1.86. The average Bonchev–Trinajstić information content (AvgIpc) is 2.11. The van der Waals surface area contributed by atoms with E-state index < -0.39 is 0 Å². The minimum atomic E-state index is -0.130. The minimum absolute atomic E-state index is 0.0532. The summed E-state index contributed by atoms with van der Waals surface area (Å²) >= 11 is 0. The van der Waals surface area contributed by atoms with E-state index >= 15 is 0 Å². The summed E-state index contributed by atoms with van der Waals surface area (Å²) in [7, 11) is 1.68. The van der Waals surface area contributed by atoms with Crippen LogP contribution in [0.1, 0.15) is 27.2 Å². The molecule has 0 heterocycles. The van der Waals surface area contributed by atoms with Crippen LogP contribution in [0.5, 0.6) is 0 Å². The Kier molecular flexibility index (Phi) is 7.42. The molecule has 1 atom stereocenters. The first-order valence-electron chi connectivity index (χ1n) is 5.10. The van der Waals surface area contributed by atoms with E-state index in [0.29, 0.717) is 0 Å². The molecule has 0 rings (SSSR count). The molecule has 0 aromatic carbocycles. The Morgan fingerprint density at radius 3 is 2.50 bits per heavy atom. The number of amides is 1. The van der Waals surface area contributed by atoms with Crippen molar-refractivity contribution in [2.45, 2.75) is 39.3 Å². The van der Waals surface area contributed by atoms with Crippen molar-refractivity contribution in [3.8, 4) is 0 Å². The molecule has 0 aliphatic carbocycles. The fourth-order valence-corrected chi connectivity index (χ4v) is 1.04. The van der Waals surface area contributed by atoms with Crippen molar-refractivity contribution < 1.29 is 9.53 Å². The van der Waals surface area contributed by atoms with Gasteiger partial charge in [-0.3, -0.25) is 4.79 Å². The first-order valence-corrected chi connectivity index (χ1v) is 5.10. The lowest BCUT2D eigenvalue weighted by Crippen LogP contribution is -2.45. The molecule has 1 amide bonds. The van der Waals surface area contributed by atoms with Gasteiger partial charge in [-0.2, -0.15) is 0 Å². The number of hydrogen-bond acceptors (Lipinski definition) is 3. The molecule has 0 spiro atoms. The zero-order valence-electron chi connectivity index (χ0n) is 9.59. The molecule has 2 N–H and O–H groups in total. The third kappa shape index (κ3) is 6.86. The Morgan fingerprint density at radius 2 is 2.00 bits per heavy atom. The summed E-state index contributed by atoms with van der Waals surface area (Å²) in [5.41, 5.74) is 0. The predicted molar refractivity (Wildman–Crippen MR) is 57.2 cm³/mol. The normalized spacial score (nSPS) is 12.9. The van der Waals surface area contributed by atoms with E-state index in [-0.39, 0.29) is 18.0 Å². The van der Waals surface area contributed by atoms with Crippen LogP contribution in [0.2, 0.25) is 0 Å². The molecule has 0 bridgehead atoms. The summed E-state index contributed by atoms with van der Waals surface area (Å²) in [6, 6.07) is 0.0694. The van der Waals surface area contributed by atoms with Gasteiger partial charge in [-0.05, 0) is 33.7 Å². The van der Waals surface area contributed by atoms with Crippen molar-refractivity contribution in [1.29, 1.82) is 0 Å². The van der Waals surface area contributed by atoms with Gasteiger partial charge in [0.1, 0.15) is 0 Å². The van der Waals surface area contributed by atoms with E-state index in [1.54, 1.807) is 7.11 Å². The van der Waals surface area contributed by atoms with Gasteiger partial charge in [0.2, 0.25) is 5.91 Å². The van der Waals surface area contributed by atoms with E-state index in [9.17, 15) is 4.79 Å². The molecule has 1 unspecified atom stereocenters. The number of carbonyl (C=O) groups excluding carboxylic acids is 1. The molecule has 0 aromatic heterocycles. The number of hydrogen-bond donors (Lipinski definition) is 2. The molecule has 4 nitrogen and oxygen atoms in total. The highest BCUT2D eigenvalue weighted by Gasteiger charge is 2.11. The second-order valence-electron chi connectivity index (χ2n) is 3.69. The van der Waals surface area contributed by atoms with E-state index in [2.05, 4.69) is 10.6 Å². The zero-order valence-corrected chi connectivity index (χ0v) is 9.59. The molecule has 0 aliphatic rings. The standard InChI is InChI=1S/C10H22N2O2/c1-8(2)12-10(13)9(3)11-6-5-7-14-4/h8-9,11H,5-7H2,1-4H3,(H,12,13). The molecular weight excluding hydrogens is 180 g/mol. The Bertz CT molecular complexity index is 160. The Morgan fingerprint density at radius 1 is 1.36 bits per heavy atom. The number of methoxy groups -OCH3 is 1. The molecule has 0 radical (unpaired) electrons. The smallest absolute Gasteiger partial charge is 0.237 e. The molecular formula is C10H22N2O2. The van der Waals surface area contributed by atoms with E-state index in [4.69, 9.17) is 4.74 Å². The maximum absolute atomic E-state index is 11.4. The number of nitrogens with one attached hydrogen (secondary N) is 2. The first kappa shape index (κ1) is 13.4. The molecule has 14 heavy (non-hydrogen) atoms. The topological polar surface area (TPSA) is 50.4 Å². The molecule has 0 saturated carbocycles. The van der Waals surface area contributed by atoms with Crippen molar-refractivity contribution >= 4 is 5.91 Å². The Hall–Kier alpha value is -0.610. The maximum Gasteiger partial charge on any atom is 0.237 e. The van der Waals surface area contributed by atoms with Crippen LogP contribution >= 0.6 is 0 Å². The van der Waals surface area contributed by atoms with Gasteiger partial charge in [-0.25, -0.2) is 0 Å².